The van der Waals surface area contributed by atoms with Gasteiger partial charge in [-0.1, -0.05) is 17.4 Å². The second kappa shape index (κ2) is 6.91. The van der Waals surface area contributed by atoms with Crippen molar-refractivity contribution >= 4 is 23.2 Å². The lowest BCUT2D eigenvalue weighted by molar-refractivity contribution is 0.0697. The van der Waals surface area contributed by atoms with Crippen molar-refractivity contribution < 1.29 is 19.8 Å². The van der Waals surface area contributed by atoms with Crippen molar-refractivity contribution in [1.82, 2.24) is 15.5 Å². The van der Waals surface area contributed by atoms with Crippen molar-refractivity contribution in [1.29, 1.82) is 0 Å². The molecule has 0 atom stereocenters. The SMILES string of the molecule is O=C(O)c1cccc(C(=O)NCc2nnc(CCO)s2)c1. The van der Waals surface area contributed by atoms with Crippen LogP contribution < -0.4 is 5.32 Å². The highest BCUT2D eigenvalue weighted by molar-refractivity contribution is 7.11. The quantitative estimate of drug-likeness (QED) is 0.724. The summed E-state index contributed by atoms with van der Waals surface area (Å²) in [6, 6.07) is 5.79. The highest BCUT2D eigenvalue weighted by Gasteiger charge is 2.10. The Morgan fingerprint density at radius 2 is 1.90 bits per heavy atom. The molecule has 0 aliphatic heterocycles. The van der Waals surface area contributed by atoms with Gasteiger partial charge in [0.2, 0.25) is 0 Å². The number of aliphatic hydroxyl groups excluding tert-OH is 1. The molecule has 0 saturated carbocycles. The average Bonchev–Trinajstić information content (AvgIpc) is 2.93. The Bertz CT molecular complexity index is 656. The zero-order chi connectivity index (χ0) is 15.2. The van der Waals surface area contributed by atoms with Gasteiger partial charge < -0.3 is 15.5 Å². The number of carbonyl (C=O) groups excluding carboxylic acids is 1. The Morgan fingerprint density at radius 3 is 2.62 bits per heavy atom. The third-order valence-electron chi connectivity index (χ3n) is 2.61. The van der Waals surface area contributed by atoms with Gasteiger partial charge in [-0.25, -0.2) is 4.79 Å². The minimum atomic E-state index is -1.08. The van der Waals surface area contributed by atoms with E-state index in [1.54, 1.807) is 6.07 Å². The normalized spacial score (nSPS) is 10.3. The summed E-state index contributed by atoms with van der Waals surface area (Å²) < 4.78 is 0. The molecule has 0 bridgehead atoms. The summed E-state index contributed by atoms with van der Waals surface area (Å²) in [6.45, 7) is 0.211. The lowest BCUT2D eigenvalue weighted by Crippen LogP contribution is -2.23. The van der Waals surface area contributed by atoms with Gasteiger partial charge in [0, 0.05) is 18.6 Å². The van der Waals surface area contributed by atoms with E-state index in [0.29, 0.717) is 16.4 Å². The van der Waals surface area contributed by atoms with Gasteiger partial charge in [-0.3, -0.25) is 4.79 Å². The molecule has 0 saturated heterocycles. The lowest BCUT2D eigenvalue weighted by atomic mass is 10.1. The first kappa shape index (κ1) is 15.1. The molecule has 1 heterocycles. The number of aromatic nitrogens is 2. The summed E-state index contributed by atoms with van der Waals surface area (Å²) in [5.74, 6) is -1.46. The molecule has 0 radical (unpaired) electrons. The summed E-state index contributed by atoms with van der Waals surface area (Å²) in [5, 5.41) is 29.4. The maximum Gasteiger partial charge on any atom is 0.335 e. The number of carbonyl (C=O) groups is 2. The maximum absolute atomic E-state index is 11.9. The minimum Gasteiger partial charge on any atom is -0.478 e. The number of carboxylic acids is 1. The fourth-order valence-corrected chi connectivity index (χ4v) is 2.38. The summed E-state index contributed by atoms with van der Waals surface area (Å²) >= 11 is 1.31. The van der Waals surface area contributed by atoms with Crippen molar-refractivity contribution in [2.24, 2.45) is 0 Å². The standard InChI is InChI=1S/C13H13N3O4S/c17-5-4-10-15-16-11(21-10)7-14-12(18)8-2-1-3-9(6-8)13(19)20/h1-3,6,17H,4-5,7H2,(H,14,18)(H,19,20). The Hall–Kier alpha value is -2.32. The van der Waals surface area contributed by atoms with E-state index in [0.717, 1.165) is 0 Å². The summed E-state index contributed by atoms with van der Waals surface area (Å²) in [6.07, 6.45) is 0.437. The first-order valence-electron chi connectivity index (χ1n) is 6.14. The number of amides is 1. The van der Waals surface area contributed by atoms with Crippen LogP contribution >= 0.6 is 11.3 Å². The predicted molar refractivity (Wildman–Crippen MR) is 75.3 cm³/mol. The van der Waals surface area contributed by atoms with Crippen LogP contribution in [0.3, 0.4) is 0 Å². The van der Waals surface area contributed by atoms with Crippen molar-refractivity contribution in [3.05, 3.63) is 45.4 Å². The molecule has 21 heavy (non-hydrogen) atoms. The van der Waals surface area contributed by atoms with Crippen LogP contribution in [0.4, 0.5) is 0 Å². The van der Waals surface area contributed by atoms with Crippen LogP contribution in [0, 0.1) is 0 Å². The topological polar surface area (TPSA) is 112 Å². The number of aromatic carboxylic acids is 1. The zero-order valence-corrected chi connectivity index (χ0v) is 11.8. The number of hydrogen-bond donors (Lipinski definition) is 3. The highest BCUT2D eigenvalue weighted by Crippen LogP contribution is 2.10. The van der Waals surface area contributed by atoms with E-state index in [1.807, 2.05) is 0 Å². The molecule has 1 amide bonds. The monoisotopic (exact) mass is 307 g/mol. The van der Waals surface area contributed by atoms with Crippen molar-refractivity contribution in [2.45, 2.75) is 13.0 Å². The van der Waals surface area contributed by atoms with Crippen LogP contribution in [-0.2, 0) is 13.0 Å². The van der Waals surface area contributed by atoms with E-state index in [4.69, 9.17) is 10.2 Å². The minimum absolute atomic E-state index is 0.00295. The largest absolute Gasteiger partial charge is 0.478 e. The first-order valence-corrected chi connectivity index (χ1v) is 6.95. The van der Waals surface area contributed by atoms with E-state index in [9.17, 15) is 9.59 Å². The van der Waals surface area contributed by atoms with Crippen LogP contribution in [0.15, 0.2) is 24.3 Å². The second-order valence-electron chi connectivity index (χ2n) is 4.13. The molecule has 0 unspecified atom stereocenters. The summed E-state index contributed by atoms with van der Waals surface area (Å²) in [4.78, 5) is 22.8. The Balaban J connectivity index is 1.97. The van der Waals surface area contributed by atoms with E-state index in [2.05, 4.69) is 15.5 Å². The van der Waals surface area contributed by atoms with Crippen molar-refractivity contribution in [3.8, 4) is 0 Å². The van der Waals surface area contributed by atoms with Crippen LogP contribution in [0.25, 0.3) is 0 Å². The van der Waals surface area contributed by atoms with Gasteiger partial charge in [0.05, 0.1) is 12.1 Å². The third-order valence-corrected chi connectivity index (χ3v) is 3.59. The number of nitrogens with one attached hydrogen (secondary N) is 1. The van der Waals surface area contributed by atoms with Gasteiger partial charge in [0.1, 0.15) is 10.0 Å². The molecule has 110 valence electrons. The molecular weight excluding hydrogens is 294 g/mol. The fourth-order valence-electron chi connectivity index (χ4n) is 1.61. The second-order valence-corrected chi connectivity index (χ2v) is 5.28. The predicted octanol–water partition coefficient (Wildman–Crippen LogP) is 0.701. The number of aliphatic hydroxyl groups is 1. The lowest BCUT2D eigenvalue weighted by Gasteiger charge is -2.03. The van der Waals surface area contributed by atoms with E-state index in [-0.39, 0.29) is 30.2 Å². The first-order chi connectivity index (χ1) is 10.1. The number of hydrogen-bond acceptors (Lipinski definition) is 6. The van der Waals surface area contributed by atoms with Crippen LogP contribution in [-0.4, -0.2) is 38.9 Å². The summed E-state index contributed by atoms with van der Waals surface area (Å²) in [7, 11) is 0. The molecular formula is C13H13N3O4S. The van der Waals surface area contributed by atoms with Gasteiger partial charge >= 0.3 is 5.97 Å². The zero-order valence-electron chi connectivity index (χ0n) is 10.9. The van der Waals surface area contributed by atoms with Crippen LogP contribution in [0.2, 0.25) is 0 Å². The summed E-state index contributed by atoms with van der Waals surface area (Å²) in [5.41, 5.74) is 0.332. The van der Waals surface area contributed by atoms with E-state index < -0.39 is 5.97 Å². The molecule has 7 nitrogen and oxygen atoms in total. The molecule has 8 heteroatoms. The number of benzene rings is 1. The Morgan fingerprint density at radius 1 is 1.19 bits per heavy atom. The smallest absolute Gasteiger partial charge is 0.335 e. The average molecular weight is 307 g/mol. The third kappa shape index (κ3) is 4.07. The van der Waals surface area contributed by atoms with E-state index in [1.165, 1.54) is 29.5 Å². The van der Waals surface area contributed by atoms with Gasteiger partial charge in [-0.05, 0) is 18.2 Å². The molecule has 0 spiro atoms. The van der Waals surface area contributed by atoms with Crippen molar-refractivity contribution in [3.63, 3.8) is 0 Å². The number of carboxylic acid groups (broad SMARTS) is 1. The van der Waals surface area contributed by atoms with Gasteiger partial charge in [-0.2, -0.15) is 0 Å². The fraction of sp³-hybridized carbons (Fsp3) is 0.231. The molecule has 2 rings (SSSR count). The molecule has 1 aromatic heterocycles. The van der Waals surface area contributed by atoms with Crippen LogP contribution in [0.5, 0.6) is 0 Å². The maximum atomic E-state index is 11.9. The van der Waals surface area contributed by atoms with Gasteiger partial charge in [0.25, 0.3) is 5.91 Å². The Kier molecular flexibility index (Phi) is 4.96. The molecule has 2 aromatic rings. The molecule has 1 aromatic carbocycles. The van der Waals surface area contributed by atoms with Gasteiger partial charge in [0.15, 0.2) is 0 Å². The van der Waals surface area contributed by atoms with Gasteiger partial charge in [-0.15, -0.1) is 10.2 Å². The highest BCUT2D eigenvalue weighted by atomic mass is 32.1. The Labute approximate surface area is 124 Å². The van der Waals surface area contributed by atoms with Crippen molar-refractivity contribution in [2.75, 3.05) is 6.61 Å². The molecule has 0 aliphatic carbocycles. The molecule has 0 fully saturated rings. The van der Waals surface area contributed by atoms with E-state index >= 15 is 0 Å². The number of nitrogens with zero attached hydrogens (tertiary/aromatic N) is 2. The molecule has 3 N–H and O–H groups in total. The molecule has 0 aliphatic rings. The number of rotatable bonds is 6. The van der Waals surface area contributed by atoms with Crippen LogP contribution in [0.1, 0.15) is 30.7 Å².